The molecule has 0 aromatic heterocycles. The van der Waals surface area contributed by atoms with Crippen molar-refractivity contribution in [2.75, 3.05) is 12.0 Å². The molecule has 0 unspecified atom stereocenters. The van der Waals surface area contributed by atoms with E-state index >= 15 is 0 Å². The number of hydrogen-bond donors (Lipinski definition) is 0. The molecule has 25 heavy (non-hydrogen) atoms. The van der Waals surface area contributed by atoms with Gasteiger partial charge < -0.3 is 14.4 Å². The van der Waals surface area contributed by atoms with Gasteiger partial charge in [0.05, 0.1) is 31.0 Å². The number of methoxy groups -OCH3 is 1. The van der Waals surface area contributed by atoms with E-state index < -0.39 is 11.7 Å². The highest BCUT2D eigenvalue weighted by atomic mass is 79.9. The average Bonchev–Trinajstić information content (AvgIpc) is 2.80. The van der Waals surface area contributed by atoms with Gasteiger partial charge in [-0.3, -0.25) is 9.59 Å². The molecule has 1 aliphatic heterocycles. The minimum absolute atomic E-state index is 0.0304. The number of benzene rings is 2. The zero-order chi connectivity index (χ0) is 18.1. The Morgan fingerprint density at radius 1 is 1.08 bits per heavy atom. The number of Topliss-reactive ketones (excluding diaryl/α,β-unsaturated/α-hetero) is 1. The molecule has 0 spiro atoms. The van der Waals surface area contributed by atoms with Crippen LogP contribution in [0.2, 0.25) is 0 Å². The van der Waals surface area contributed by atoms with Gasteiger partial charge in [-0.25, -0.2) is 0 Å². The maximum absolute atomic E-state index is 12.3. The van der Waals surface area contributed by atoms with E-state index in [1.807, 2.05) is 38.1 Å². The van der Waals surface area contributed by atoms with E-state index in [0.717, 1.165) is 10.0 Å². The van der Waals surface area contributed by atoms with Crippen LogP contribution in [0.4, 0.5) is 5.69 Å². The normalized spacial score (nSPS) is 13.4. The fourth-order valence-electron chi connectivity index (χ4n) is 2.77. The third kappa shape index (κ3) is 3.39. The molecular weight excluding hydrogens is 386 g/mol. The number of halogens is 1. The van der Waals surface area contributed by atoms with E-state index in [1.165, 1.54) is 4.90 Å². The largest absolute Gasteiger partial charge is 0.493 e. The van der Waals surface area contributed by atoms with Crippen molar-refractivity contribution in [3.63, 3.8) is 0 Å². The van der Waals surface area contributed by atoms with Crippen molar-refractivity contribution < 1.29 is 19.1 Å². The molecule has 1 aliphatic rings. The highest BCUT2D eigenvalue weighted by molar-refractivity contribution is 9.10. The van der Waals surface area contributed by atoms with Crippen molar-refractivity contribution in [1.29, 1.82) is 0 Å². The van der Waals surface area contributed by atoms with Gasteiger partial charge in [0, 0.05) is 4.47 Å². The molecule has 2 aromatic carbocycles. The number of amides is 1. The van der Waals surface area contributed by atoms with Crippen molar-refractivity contribution in [2.24, 2.45) is 0 Å². The maximum Gasteiger partial charge on any atom is 0.299 e. The Balaban J connectivity index is 1.90. The summed E-state index contributed by atoms with van der Waals surface area (Å²) in [6.07, 6.45) is 0.0304. The predicted molar refractivity (Wildman–Crippen MR) is 98.4 cm³/mol. The van der Waals surface area contributed by atoms with Crippen molar-refractivity contribution in [3.8, 4) is 11.5 Å². The third-order valence-electron chi connectivity index (χ3n) is 3.86. The first-order valence-corrected chi connectivity index (χ1v) is 8.69. The number of ether oxygens (including phenoxy) is 2. The number of anilines is 1. The molecule has 0 bridgehead atoms. The van der Waals surface area contributed by atoms with Crippen LogP contribution in [0, 0.1) is 0 Å². The van der Waals surface area contributed by atoms with Gasteiger partial charge >= 0.3 is 0 Å². The predicted octanol–water partition coefficient (Wildman–Crippen LogP) is 3.97. The quantitative estimate of drug-likeness (QED) is 0.708. The van der Waals surface area contributed by atoms with Crippen molar-refractivity contribution in [2.45, 2.75) is 26.5 Å². The van der Waals surface area contributed by atoms with Crippen LogP contribution in [0.3, 0.4) is 0 Å². The van der Waals surface area contributed by atoms with E-state index in [4.69, 9.17) is 9.47 Å². The summed E-state index contributed by atoms with van der Waals surface area (Å²) in [4.78, 5) is 26.0. The molecule has 1 amide bonds. The van der Waals surface area contributed by atoms with Crippen LogP contribution >= 0.6 is 15.9 Å². The Morgan fingerprint density at radius 2 is 1.84 bits per heavy atom. The standard InChI is InChI=1S/C19H18BrNO4/c1-11(2)25-16-7-4-12(8-17(16)24-3)10-21-15-6-5-13(20)9-14(15)18(22)19(21)23/h4-9,11H,10H2,1-3H3. The number of rotatable bonds is 5. The minimum Gasteiger partial charge on any atom is -0.493 e. The summed E-state index contributed by atoms with van der Waals surface area (Å²) in [6, 6.07) is 10.8. The van der Waals surface area contributed by atoms with Crippen LogP contribution < -0.4 is 14.4 Å². The lowest BCUT2D eigenvalue weighted by molar-refractivity contribution is -0.114. The third-order valence-corrected chi connectivity index (χ3v) is 4.36. The maximum atomic E-state index is 12.3. The monoisotopic (exact) mass is 403 g/mol. The summed E-state index contributed by atoms with van der Waals surface area (Å²) >= 11 is 3.33. The zero-order valence-electron chi connectivity index (χ0n) is 14.2. The summed E-state index contributed by atoms with van der Waals surface area (Å²) in [7, 11) is 1.57. The van der Waals surface area contributed by atoms with Crippen molar-refractivity contribution in [3.05, 3.63) is 52.0 Å². The zero-order valence-corrected chi connectivity index (χ0v) is 15.8. The van der Waals surface area contributed by atoms with Crippen LogP contribution in [-0.4, -0.2) is 24.9 Å². The smallest absolute Gasteiger partial charge is 0.299 e. The van der Waals surface area contributed by atoms with Gasteiger partial charge in [0.25, 0.3) is 11.7 Å². The van der Waals surface area contributed by atoms with E-state index in [-0.39, 0.29) is 12.6 Å². The first-order chi connectivity index (χ1) is 11.9. The molecule has 1 heterocycles. The summed E-state index contributed by atoms with van der Waals surface area (Å²) in [6.45, 7) is 4.17. The fourth-order valence-corrected chi connectivity index (χ4v) is 3.13. The number of hydrogen-bond acceptors (Lipinski definition) is 4. The molecule has 0 radical (unpaired) electrons. The first-order valence-electron chi connectivity index (χ1n) is 7.90. The summed E-state index contributed by atoms with van der Waals surface area (Å²) in [5.74, 6) is 0.243. The van der Waals surface area contributed by atoms with Crippen molar-refractivity contribution >= 4 is 33.3 Å². The SMILES string of the molecule is COc1cc(CN2C(=O)C(=O)c3cc(Br)ccc32)ccc1OC(C)C. The molecule has 130 valence electrons. The molecule has 3 rings (SSSR count). The van der Waals surface area contributed by atoms with E-state index in [0.29, 0.717) is 22.7 Å². The van der Waals surface area contributed by atoms with Crippen LogP contribution in [0.15, 0.2) is 40.9 Å². The second-order valence-electron chi connectivity index (χ2n) is 6.03. The minimum atomic E-state index is -0.519. The number of carbonyl (C=O) groups excluding carboxylic acids is 2. The molecule has 0 aliphatic carbocycles. The number of ketones is 1. The van der Waals surface area contributed by atoms with Gasteiger partial charge in [-0.15, -0.1) is 0 Å². The van der Waals surface area contributed by atoms with Gasteiger partial charge in [0.15, 0.2) is 11.5 Å². The lowest BCUT2D eigenvalue weighted by Gasteiger charge is -2.19. The molecule has 0 N–H and O–H groups in total. The molecule has 5 nitrogen and oxygen atoms in total. The molecule has 6 heteroatoms. The highest BCUT2D eigenvalue weighted by Crippen LogP contribution is 2.34. The summed E-state index contributed by atoms with van der Waals surface area (Å²) < 4.78 is 11.9. The van der Waals surface area contributed by atoms with E-state index in [2.05, 4.69) is 15.9 Å². The Hall–Kier alpha value is -2.34. The van der Waals surface area contributed by atoms with Gasteiger partial charge in [0.1, 0.15) is 0 Å². The van der Waals surface area contributed by atoms with E-state index in [9.17, 15) is 9.59 Å². The van der Waals surface area contributed by atoms with Crippen LogP contribution in [0.1, 0.15) is 29.8 Å². The number of fused-ring (bicyclic) bond motifs is 1. The lowest BCUT2D eigenvalue weighted by Crippen LogP contribution is -2.29. The molecule has 0 atom stereocenters. The summed E-state index contributed by atoms with van der Waals surface area (Å²) in [5, 5.41) is 0. The Kier molecular flexibility index (Phi) is 4.81. The Bertz CT molecular complexity index is 847. The highest BCUT2D eigenvalue weighted by Gasteiger charge is 2.35. The Morgan fingerprint density at radius 3 is 2.52 bits per heavy atom. The van der Waals surface area contributed by atoms with Crippen LogP contribution in [0.5, 0.6) is 11.5 Å². The second kappa shape index (κ2) is 6.88. The van der Waals surface area contributed by atoms with E-state index in [1.54, 1.807) is 19.2 Å². The summed E-state index contributed by atoms with van der Waals surface area (Å²) in [5.41, 5.74) is 1.90. The molecular formula is C19H18BrNO4. The first kappa shape index (κ1) is 17.5. The molecule has 2 aromatic rings. The average molecular weight is 404 g/mol. The lowest BCUT2D eigenvalue weighted by atomic mass is 10.1. The number of carbonyl (C=O) groups is 2. The van der Waals surface area contributed by atoms with Gasteiger partial charge in [-0.2, -0.15) is 0 Å². The molecule has 0 saturated carbocycles. The molecule has 0 saturated heterocycles. The van der Waals surface area contributed by atoms with Crippen LogP contribution in [-0.2, 0) is 11.3 Å². The van der Waals surface area contributed by atoms with Crippen molar-refractivity contribution in [1.82, 2.24) is 0 Å². The number of nitrogens with zero attached hydrogens (tertiary/aromatic N) is 1. The van der Waals surface area contributed by atoms with Gasteiger partial charge in [0.2, 0.25) is 0 Å². The Labute approximate surface area is 154 Å². The fraction of sp³-hybridized carbons (Fsp3) is 0.263. The second-order valence-corrected chi connectivity index (χ2v) is 6.95. The van der Waals surface area contributed by atoms with Crippen LogP contribution in [0.25, 0.3) is 0 Å². The van der Waals surface area contributed by atoms with Gasteiger partial charge in [-0.1, -0.05) is 22.0 Å². The molecule has 0 fully saturated rings. The van der Waals surface area contributed by atoms with Gasteiger partial charge in [-0.05, 0) is 49.7 Å². The topological polar surface area (TPSA) is 55.8 Å².